The molecule has 48 heavy (non-hydrogen) atoms. The highest BCUT2D eigenvalue weighted by atomic mass is 32.2. The number of halogens is 3. The Kier molecular flexibility index (Phi) is 7.17. The molecule has 0 fully saturated rings. The first-order valence-electron chi connectivity index (χ1n) is 13.8. The second-order valence-electron chi connectivity index (χ2n) is 11.0. The zero-order valence-corrected chi connectivity index (χ0v) is 25.3. The van der Waals surface area contributed by atoms with Crippen molar-refractivity contribution in [3.63, 3.8) is 0 Å². The van der Waals surface area contributed by atoms with Crippen molar-refractivity contribution in [2.75, 3.05) is 9.80 Å². The first-order chi connectivity index (χ1) is 22.5. The molecule has 1 unspecified atom stereocenters. The molecule has 0 aliphatic carbocycles. The Morgan fingerprint density at radius 3 is 1.69 bits per heavy atom. The monoisotopic (exact) mass is 668 g/mol. The SMILES string of the molecule is C#Cc1ccc2c(c1)C(=O)N(c1cccc(C(C)(c3ccc(S(=O)(=O)O)c(N4C(=O)c5ccc(C#C)cc5C4=O)c3)C(F)(F)F)c1)C2=O. The lowest BCUT2D eigenvalue weighted by molar-refractivity contribution is -0.173. The van der Waals surface area contributed by atoms with E-state index in [-0.39, 0.29) is 33.5 Å². The van der Waals surface area contributed by atoms with Gasteiger partial charge in [-0.05, 0) is 78.7 Å². The maximum absolute atomic E-state index is 15.2. The van der Waals surface area contributed by atoms with Gasteiger partial charge in [0.25, 0.3) is 33.7 Å². The largest absolute Gasteiger partial charge is 0.402 e. The molecule has 2 aliphatic rings. The molecule has 0 saturated carbocycles. The van der Waals surface area contributed by atoms with Gasteiger partial charge < -0.3 is 0 Å². The Hall–Kier alpha value is -6.02. The van der Waals surface area contributed by atoms with Crippen LogP contribution in [0.1, 0.15) is 70.6 Å². The molecule has 1 N–H and O–H groups in total. The number of fused-ring (bicyclic) bond motifs is 2. The second-order valence-corrected chi connectivity index (χ2v) is 12.4. The predicted octanol–water partition coefficient (Wildman–Crippen LogP) is 5.37. The fourth-order valence-corrected chi connectivity index (χ4v) is 6.44. The summed E-state index contributed by atoms with van der Waals surface area (Å²) in [7, 11) is -5.20. The molecule has 2 heterocycles. The molecule has 2 aliphatic heterocycles. The van der Waals surface area contributed by atoms with E-state index in [1.807, 2.05) is 0 Å². The van der Waals surface area contributed by atoms with Crippen molar-refractivity contribution in [1.82, 2.24) is 0 Å². The van der Waals surface area contributed by atoms with Crippen LogP contribution in [0.3, 0.4) is 0 Å². The number of rotatable bonds is 5. The molecule has 0 aromatic heterocycles. The zero-order valence-electron chi connectivity index (χ0n) is 24.5. The molecule has 0 saturated heterocycles. The van der Waals surface area contributed by atoms with Gasteiger partial charge in [0.15, 0.2) is 0 Å². The minimum Gasteiger partial charge on any atom is -0.282 e. The van der Waals surface area contributed by atoms with Crippen LogP contribution in [0.5, 0.6) is 0 Å². The lowest BCUT2D eigenvalue weighted by atomic mass is 9.75. The third kappa shape index (κ3) is 4.68. The number of anilines is 2. The predicted molar refractivity (Wildman–Crippen MR) is 166 cm³/mol. The van der Waals surface area contributed by atoms with Crippen LogP contribution in [0, 0.1) is 24.7 Å². The maximum atomic E-state index is 15.2. The number of carbonyl (C=O) groups excluding carboxylic acids is 4. The number of terminal acetylenes is 2. The lowest BCUT2D eigenvalue weighted by Crippen LogP contribution is -2.41. The summed E-state index contributed by atoms with van der Waals surface area (Å²) in [6.07, 6.45) is 5.66. The Labute approximate surface area is 271 Å². The summed E-state index contributed by atoms with van der Waals surface area (Å²) in [6, 6.07) is 14.5. The van der Waals surface area contributed by atoms with E-state index in [0.29, 0.717) is 27.5 Å². The van der Waals surface area contributed by atoms with Crippen molar-refractivity contribution in [1.29, 1.82) is 0 Å². The fourth-order valence-electron chi connectivity index (χ4n) is 5.79. The van der Waals surface area contributed by atoms with E-state index in [1.54, 1.807) is 0 Å². The van der Waals surface area contributed by atoms with Gasteiger partial charge in [-0.15, -0.1) is 12.8 Å². The molecule has 13 heteroatoms. The molecular weight excluding hydrogens is 649 g/mol. The molecule has 4 aromatic rings. The third-order valence-corrected chi connectivity index (χ3v) is 9.31. The van der Waals surface area contributed by atoms with Crippen LogP contribution in [0.2, 0.25) is 0 Å². The van der Waals surface area contributed by atoms with Gasteiger partial charge in [-0.3, -0.25) is 23.7 Å². The Morgan fingerprint density at radius 1 is 0.667 bits per heavy atom. The molecule has 4 aromatic carbocycles. The minimum atomic E-state index is -5.20. The van der Waals surface area contributed by atoms with Gasteiger partial charge in [-0.1, -0.05) is 30.0 Å². The summed E-state index contributed by atoms with van der Waals surface area (Å²) in [4.78, 5) is 53.4. The van der Waals surface area contributed by atoms with Crippen molar-refractivity contribution in [3.8, 4) is 24.7 Å². The van der Waals surface area contributed by atoms with E-state index < -0.39 is 67.0 Å². The molecule has 0 bridgehead atoms. The molecular formula is C35H19F3N2O7S. The number of hydrogen-bond donors (Lipinski definition) is 1. The normalized spacial score (nSPS) is 15.6. The first-order valence-corrected chi connectivity index (χ1v) is 15.2. The summed E-state index contributed by atoms with van der Waals surface area (Å²) in [5.41, 5.74) is -5.07. The molecule has 9 nitrogen and oxygen atoms in total. The standard InChI is InChI=1S/C35H19F3N2O7S/c1-4-19-9-12-24-26(15-19)32(43)39(30(24)41)23-8-6-7-21(17-23)34(3,35(36,37)38)22-11-14-29(48(45,46)47)28(18-22)40-31(42)25-13-10-20(5-2)16-27(25)33(40)44/h1-2,6-18H,3H3,(H,45,46,47). The van der Waals surface area contributed by atoms with Gasteiger partial charge in [-0.25, -0.2) is 9.80 Å². The van der Waals surface area contributed by atoms with Crippen molar-refractivity contribution in [3.05, 3.63) is 123 Å². The van der Waals surface area contributed by atoms with E-state index in [2.05, 4.69) is 11.8 Å². The Balaban J connectivity index is 1.51. The summed E-state index contributed by atoms with van der Waals surface area (Å²) in [6.45, 7) is 0.765. The van der Waals surface area contributed by atoms with Gasteiger partial charge in [0.1, 0.15) is 10.3 Å². The number of imide groups is 2. The highest BCUT2D eigenvalue weighted by Gasteiger charge is 2.54. The quantitative estimate of drug-likeness (QED) is 0.172. The summed E-state index contributed by atoms with van der Waals surface area (Å²) in [5, 5.41) is 0. The zero-order chi connectivity index (χ0) is 34.9. The average molecular weight is 669 g/mol. The second kappa shape index (κ2) is 10.8. The number of carbonyl (C=O) groups is 4. The minimum absolute atomic E-state index is 0.00346. The van der Waals surface area contributed by atoms with Crippen molar-refractivity contribution < 1.29 is 45.3 Å². The molecule has 0 spiro atoms. The molecule has 1 atom stereocenters. The number of alkyl halides is 3. The highest BCUT2D eigenvalue weighted by Crippen LogP contribution is 2.49. The third-order valence-electron chi connectivity index (χ3n) is 8.41. The topological polar surface area (TPSA) is 129 Å². The van der Waals surface area contributed by atoms with Crippen LogP contribution in [-0.2, 0) is 15.5 Å². The van der Waals surface area contributed by atoms with Crippen molar-refractivity contribution in [2.45, 2.75) is 23.4 Å². The smallest absolute Gasteiger partial charge is 0.282 e. The van der Waals surface area contributed by atoms with Crippen LogP contribution in [0.4, 0.5) is 24.5 Å². The maximum Gasteiger partial charge on any atom is 0.402 e. The van der Waals surface area contributed by atoms with Crippen LogP contribution in [0.15, 0.2) is 83.8 Å². The molecule has 4 amide bonds. The van der Waals surface area contributed by atoms with Crippen LogP contribution >= 0.6 is 0 Å². The van der Waals surface area contributed by atoms with E-state index in [9.17, 15) is 32.1 Å². The van der Waals surface area contributed by atoms with E-state index in [1.165, 1.54) is 48.5 Å². The number of benzene rings is 4. The molecule has 0 radical (unpaired) electrons. The van der Waals surface area contributed by atoms with Gasteiger partial charge in [0.05, 0.1) is 33.6 Å². The van der Waals surface area contributed by atoms with Gasteiger partial charge in [0, 0.05) is 11.1 Å². The Morgan fingerprint density at radius 2 is 1.17 bits per heavy atom. The van der Waals surface area contributed by atoms with Gasteiger partial charge in [0.2, 0.25) is 0 Å². The number of nitrogens with zero attached hydrogens (tertiary/aromatic N) is 2. The number of amides is 4. The van der Waals surface area contributed by atoms with E-state index >= 15 is 13.2 Å². The van der Waals surface area contributed by atoms with Crippen molar-refractivity contribution in [2.24, 2.45) is 0 Å². The summed E-state index contributed by atoms with van der Waals surface area (Å²) >= 11 is 0. The molecule has 238 valence electrons. The van der Waals surface area contributed by atoms with Crippen LogP contribution < -0.4 is 9.80 Å². The number of hydrogen-bond acceptors (Lipinski definition) is 6. The fraction of sp³-hybridized carbons (Fsp3) is 0.0857. The highest BCUT2D eigenvalue weighted by molar-refractivity contribution is 7.86. The molecule has 6 rings (SSSR count). The summed E-state index contributed by atoms with van der Waals surface area (Å²) < 4.78 is 80.5. The van der Waals surface area contributed by atoms with Gasteiger partial charge in [-0.2, -0.15) is 21.6 Å². The first kappa shape index (κ1) is 31.9. The van der Waals surface area contributed by atoms with Crippen molar-refractivity contribution >= 4 is 45.1 Å². The Bertz CT molecular complexity index is 2350. The van der Waals surface area contributed by atoms with Gasteiger partial charge >= 0.3 is 6.18 Å². The van der Waals surface area contributed by atoms with E-state index in [0.717, 1.165) is 25.1 Å². The lowest BCUT2D eigenvalue weighted by Gasteiger charge is -2.34. The van der Waals surface area contributed by atoms with Crippen LogP contribution in [-0.4, -0.2) is 42.8 Å². The average Bonchev–Trinajstić information content (AvgIpc) is 3.45. The summed E-state index contributed by atoms with van der Waals surface area (Å²) in [5.74, 6) is 0.902. The van der Waals surface area contributed by atoms with Crippen LogP contribution in [0.25, 0.3) is 0 Å². The van der Waals surface area contributed by atoms with E-state index in [4.69, 9.17) is 12.8 Å².